The highest BCUT2D eigenvalue weighted by Crippen LogP contribution is 2.35. The number of likely N-dealkylation sites (tertiary alicyclic amines) is 1. The second-order valence-electron chi connectivity index (χ2n) is 7.70. The number of fused-ring (bicyclic) bond motifs is 2. The maximum absolute atomic E-state index is 6.72. The van der Waals surface area contributed by atoms with E-state index in [1.54, 1.807) is 0 Å². The van der Waals surface area contributed by atoms with E-state index in [0.717, 1.165) is 29.8 Å². The summed E-state index contributed by atoms with van der Waals surface area (Å²) < 4.78 is 0. The van der Waals surface area contributed by atoms with Gasteiger partial charge in [-0.3, -0.25) is 4.98 Å². The fraction of sp³-hybridized carbons (Fsp3) is 0.591. The molecule has 0 bridgehead atoms. The molecule has 1 saturated heterocycles. The van der Waals surface area contributed by atoms with Crippen molar-refractivity contribution in [3.63, 3.8) is 0 Å². The van der Waals surface area contributed by atoms with E-state index in [1.165, 1.54) is 85.9 Å². The van der Waals surface area contributed by atoms with Crippen LogP contribution in [0, 0.1) is 0 Å². The molecule has 4 rings (SSSR count). The molecule has 2 aromatic rings. The predicted molar refractivity (Wildman–Crippen MR) is 107 cm³/mol. The summed E-state index contributed by atoms with van der Waals surface area (Å²) in [6.45, 7) is 6.14. The molecule has 1 fully saturated rings. The van der Waals surface area contributed by atoms with Crippen LogP contribution in [-0.2, 0) is 25.7 Å². The van der Waals surface area contributed by atoms with Gasteiger partial charge in [0.25, 0.3) is 0 Å². The zero-order valence-electron chi connectivity index (χ0n) is 15.4. The van der Waals surface area contributed by atoms with Gasteiger partial charge in [-0.05, 0) is 106 Å². The second kappa shape index (κ2) is 7.63. The Kier molecular flexibility index (Phi) is 5.28. The summed E-state index contributed by atoms with van der Waals surface area (Å²) >= 11 is 6.72. The normalized spacial score (nSPS) is 17.5. The number of pyridine rings is 1. The monoisotopic (exact) mass is 356 g/mol. The van der Waals surface area contributed by atoms with Crippen molar-refractivity contribution >= 4 is 22.5 Å². The molecule has 0 amide bonds. The van der Waals surface area contributed by atoms with Gasteiger partial charge in [0.05, 0.1) is 10.5 Å². The van der Waals surface area contributed by atoms with Gasteiger partial charge in [0.1, 0.15) is 0 Å². The molecule has 1 aromatic carbocycles. The van der Waals surface area contributed by atoms with E-state index in [9.17, 15) is 0 Å². The minimum atomic E-state index is 0.966. The van der Waals surface area contributed by atoms with Gasteiger partial charge in [0.2, 0.25) is 0 Å². The number of nitrogens with zero attached hydrogens (tertiary/aromatic N) is 2. The summed E-state index contributed by atoms with van der Waals surface area (Å²) in [5.74, 6) is 0. The average molecular weight is 357 g/mol. The summed E-state index contributed by atoms with van der Waals surface area (Å²) in [6, 6.07) is 4.65. The maximum Gasteiger partial charge on any atom is 0.0723 e. The van der Waals surface area contributed by atoms with Crippen LogP contribution in [0.15, 0.2) is 12.1 Å². The summed E-state index contributed by atoms with van der Waals surface area (Å²) in [6.07, 6.45) is 11.0. The number of benzene rings is 1. The lowest BCUT2D eigenvalue weighted by molar-refractivity contribution is 0.330. The van der Waals surface area contributed by atoms with Crippen LogP contribution in [0.4, 0.5) is 0 Å². The number of hydrogen-bond acceptors (Lipinski definition) is 2. The number of rotatable bonds is 6. The van der Waals surface area contributed by atoms with Crippen LogP contribution in [0.25, 0.3) is 10.9 Å². The van der Waals surface area contributed by atoms with Crippen molar-refractivity contribution in [3.8, 4) is 0 Å². The zero-order chi connectivity index (χ0) is 17.2. The van der Waals surface area contributed by atoms with Crippen LogP contribution in [0.2, 0.25) is 5.02 Å². The predicted octanol–water partition coefficient (Wildman–Crippen LogP) is 5.36. The van der Waals surface area contributed by atoms with E-state index < -0.39 is 0 Å². The van der Waals surface area contributed by atoms with Gasteiger partial charge >= 0.3 is 0 Å². The van der Waals surface area contributed by atoms with Gasteiger partial charge in [-0.15, -0.1) is 0 Å². The Hall–Kier alpha value is -1.12. The summed E-state index contributed by atoms with van der Waals surface area (Å²) in [4.78, 5) is 7.57. The highest BCUT2D eigenvalue weighted by molar-refractivity contribution is 6.36. The van der Waals surface area contributed by atoms with Gasteiger partial charge in [0.15, 0.2) is 0 Å². The molecule has 25 heavy (non-hydrogen) atoms. The van der Waals surface area contributed by atoms with Crippen LogP contribution in [0.5, 0.6) is 0 Å². The highest BCUT2D eigenvalue weighted by Gasteiger charge is 2.19. The lowest BCUT2D eigenvalue weighted by atomic mass is 9.96. The molecule has 2 nitrogen and oxygen atoms in total. The molecular weight excluding hydrogens is 328 g/mol. The van der Waals surface area contributed by atoms with Gasteiger partial charge in [0, 0.05) is 11.1 Å². The first kappa shape index (κ1) is 17.3. The topological polar surface area (TPSA) is 16.1 Å². The van der Waals surface area contributed by atoms with Gasteiger partial charge in [-0.1, -0.05) is 18.5 Å². The van der Waals surface area contributed by atoms with E-state index in [2.05, 4.69) is 24.0 Å². The first-order chi connectivity index (χ1) is 12.3. The Bertz CT molecular complexity index is 762. The number of hydrogen-bond donors (Lipinski definition) is 0. The molecule has 1 aromatic heterocycles. The van der Waals surface area contributed by atoms with E-state index in [4.69, 9.17) is 16.6 Å². The van der Waals surface area contributed by atoms with Crippen LogP contribution >= 0.6 is 11.6 Å². The zero-order valence-corrected chi connectivity index (χ0v) is 16.2. The Morgan fingerprint density at radius 3 is 2.68 bits per heavy atom. The van der Waals surface area contributed by atoms with Crippen LogP contribution in [0.3, 0.4) is 0 Å². The minimum Gasteiger partial charge on any atom is -0.303 e. The van der Waals surface area contributed by atoms with E-state index in [1.807, 2.05) is 0 Å². The first-order valence-electron chi connectivity index (χ1n) is 10.1. The molecule has 1 aliphatic heterocycles. The maximum atomic E-state index is 6.72. The molecular formula is C22H29ClN2. The number of aromatic nitrogens is 1. The van der Waals surface area contributed by atoms with Gasteiger partial charge in [-0.25, -0.2) is 0 Å². The highest BCUT2D eigenvalue weighted by atomic mass is 35.5. The minimum absolute atomic E-state index is 0.966. The lowest BCUT2D eigenvalue weighted by Gasteiger charge is -2.15. The summed E-state index contributed by atoms with van der Waals surface area (Å²) in [5, 5.41) is 2.13. The largest absolute Gasteiger partial charge is 0.303 e. The number of halogens is 1. The second-order valence-corrected chi connectivity index (χ2v) is 8.08. The third kappa shape index (κ3) is 3.57. The molecule has 3 heteroatoms. The van der Waals surface area contributed by atoms with E-state index in [-0.39, 0.29) is 0 Å². The Morgan fingerprint density at radius 1 is 1.04 bits per heavy atom. The van der Waals surface area contributed by atoms with Crippen molar-refractivity contribution in [1.82, 2.24) is 9.88 Å². The fourth-order valence-electron chi connectivity index (χ4n) is 4.56. The smallest absolute Gasteiger partial charge is 0.0723 e. The number of unbranched alkanes of at least 4 members (excludes halogenated alkanes) is 1. The number of aryl methyl sites for hydroxylation is 3. The quantitative estimate of drug-likeness (QED) is 0.648. The molecule has 0 saturated carbocycles. The molecule has 0 N–H and O–H groups in total. The molecule has 0 atom stereocenters. The first-order valence-corrected chi connectivity index (χ1v) is 10.5. The Balaban J connectivity index is 1.52. The van der Waals surface area contributed by atoms with Crippen molar-refractivity contribution < 1.29 is 0 Å². The SMILES string of the molecule is CCc1cc2c(Cl)c3c(nc2cc1CCCCN1CCCC1)CCC3. The lowest BCUT2D eigenvalue weighted by Crippen LogP contribution is -2.20. The van der Waals surface area contributed by atoms with Crippen molar-refractivity contribution in [2.45, 2.75) is 64.7 Å². The van der Waals surface area contributed by atoms with Crippen LogP contribution in [-0.4, -0.2) is 29.5 Å². The van der Waals surface area contributed by atoms with Gasteiger partial charge in [-0.2, -0.15) is 0 Å². The van der Waals surface area contributed by atoms with Crippen molar-refractivity contribution in [2.75, 3.05) is 19.6 Å². The van der Waals surface area contributed by atoms with Crippen molar-refractivity contribution in [1.29, 1.82) is 0 Å². The average Bonchev–Trinajstić information content (AvgIpc) is 3.30. The fourth-order valence-corrected chi connectivity index (χ4v) is 4.91. The molecule has 2 aliphatic rings. The van der Waals surface area contributed by atoms with Crippen LogP contribution in [0.1, 0.15) is 61.4 Å². The van der Waals surface area contributed by atoms with Crippen molar-refractivity contribution in [3.05, 3.63) is 39.5 Å². The third-order valence-electron chi connectivity index (χ3n) is 6.01. The van der Waals surface area contributed by atoms with Crippen molar-refractivity contribution in [2.24, 2.45) is 0 Å². The third-order valence-corrected chi connectivity index (χ3v) is 6.45. The summed E-state index contributed by atoms with van der Waals surface area (Å²) in [7, 11) is 0. The molecule has 2 heterocycles. The molecule has 1 aliphatic carbocycles. The Labute approximate surface area is 156 Å². The van der Waals surface area contributed by atoms with E-state index >= 15 is 0 Å². The van der Waals surface area contributed by atoms with Crippen LogP contribution < -0.4 is 0 Å². The molecule has 0 spiro atoms. The standard InChI is InChI=1S/C22H29ClN2/c1-2-16-14-19-21(24-20-10-7-9-18(20)22(19)23)15-17(16)8-3-4-11-25-12-5-6-13-25/h14-15H,2-13H2,1H3. The molecule has 134 valence electrons. The summed E-state index contributed by atoms with van der Waals surface area (Å²) in [5.41, 5.74) is 6.59. The van der Waals surface area contributed by atoms with Gasteiger partial charge < -0.3 is 4.90 Å². The molecule has 0 unspecified atom stereocenters. The van der Waals surface area contributed by atoms with E-state index in [0.29, 0.717) is 0 Å². The molecule has 0 radical (unpaired) electrons. The Morgan fingerprint density at radius 2 is 1.88 bits per heavy atom.